The second kappa shape index (κ2) is 11.6. The SMILES string of the molecule is CNCC(O)COc1ccc(Cl)c(-c2nc(O[C@H]3CCN[C@@H](C)C3)c(C)c(-c3c(C)noc3C)n2)c1. The zero-order valence-electron chi connectivity index (χ0n) is 21.4. The van der Waals surface area contributed by atoms with E-state index in [1.165, 1.54) is 0 Å². The van der Waals surface area contributed by atoms with Gasteiger partial charge in [-0.15, -0.1) is 0 Å². The van der Waals surface area contributed by atoms with E-state index in [0.717, 1.165) is 36.2 Å². The molecule has 3 atom stereocenters. The Hall–Kier alpha value is -2.72. The van der Waals surface area contributed by atoms with Crippen LogP contribution in [0.4, 0.5) is 0 Å². The number of halogens is 1. The van der Waals surface area contributed by atoms with E-state index in [4.69, 9.17) is 35.6 Å². The number of benzene rings is 1. The minimum Gasteiger partial charge on any atom is -0.491 e. The molecule has 10 heteroatoms. The normalized spacial score (nSPS) is 18.8. The van der Waals surface area contributed by atoms with Crippen molar-refractivity contribution in [3.63, 3.8) is 0 Å². The first-order chi connectivity index (χ1) is 17.3. The fourth-order valence-corrected chi connectivity index (χ4v) is 4.60. The average molecular weight is 516 g/mol. The van der Waals surface area contributed by atoms with Gasteiger partial charge in [0.2, 0.25) is 5.88 Å². The minimum atomic E-state index is -0.636. The lowest BCUT2D eigenvalue weighted by atomic mass is 10.0. The summed E-state index contributed by atoms with van der Waals surface area (Å²) < 4.78 is 17.7. The Morgan fingerprint density at radius 3 is 2.78 bits per heavy atom. The fourth-order valence-electron chi connectivity index (χ4n) is 4.40. The van der Waals surface area contributed by atoms with E-state index in [1.807, 2.05) is 20.8 Å². The molecule has 0 aliphatic carbocycles. The molecule has 3 heterocycles. The highest BCUT2D eigenvalue weighted by Gasteiger charge is 2.25. The van der Waals surface area contributed by atoms with Gasteiger partial charge < -0.3 is 29.7 Å². The number of rotatable bonds is 9. The largest absolute Gasteiger partial charge is 0.491 e. The molecule has 1 saturated heterocycles. The highest BCUT2D eigenvalue weighted by atomic mass is 35.5. The molecule has 0 bridgehead atoms. The van der Waals surface area contributed by atoms with Crippen molar-refractivity contribution in [1.82, 2.24) is 25.8 Å². The van der Waals surface area contributed by atoms with Gasteiger partial charge in [-0.05, 0) is 72.3 Å². The molecule has 1 fully saturated rings. The zero-order chi connectivity index (χ0) is 25.8. The van der Waals surface area contributed by atoms with Crippen molar-refractivity contribution >= 4 is 11.6 Å². The van der Waals surface area contributed by atoms with Crippen molar-refractivity contribution in [2.45, 2.75) is 58.8 Å². The molecule has 0 saturated carbocycles. The Kier molecular flexibility index (Phi) is 8.46. The van der Waals surface area contributed by atoms with E-state index in [9.17, 15) is 5.11 Å². The number of nitrogens with zero attached hydrogens (tertiary/aromatic N) is 3. The van der Waals surface area contributed by atoms with Gasteiger partial charge in [-0.2, -0.15) is 4.98 Å². The highest BCUT2D eigenvalue weighted by molar-refractivity contribution is 6.33. The van der Waals surface area contributed by atoms with Gasteiger partial charge in [0.15, 0.2) is 5.82 Å². The van der Waals surface area contributed by atoms with Gasteiger partial charge >= 0.3 is 0 Å². The number of hydrogen-bond acceptors (Lipinski definition) is 9. The maximum atomic E-state index is 10.0. The number of hydrogen-bond donors (Lipinski definition) is 3. The molecular weight excluding hydrogens is 482 g/mol. The Bertz CT molecular complexity index is 1180. The molecule has 4 rings (SSSR count). The number of piperidine rings is 1. The minimum absolute atomic E-state index is 0.0408. The smallest absolute Gasteiger partial charge is 0.220 e. The third-order valence-corrected chi connectivity index (χ3v) is 6.62. The van der Waals surface area contributed by atoms with Crippen LogP contribution < -0.4 is 20.1 Å². The van der Waals surface area contributed by atoms with Gasteiger partial charge in [-0.1, -0.05) is 16.8 Å². The van der Waals surface area contributed by atoms with E-state index in [2.05, 4.69) is 22.7 Å². The molecule has 0 amide bonds. The summed E-state index contributed by atoms with van der Waals surface area (Å²) >= 11 is 6.61. The molecule has 1 aromatic carbocycles. The molecule has 1 aliphatic heterocycles. The maximum Gasteiger partial charge on any atom is 0.220 e. The number of nitrogens with one attached hydrogen (secondary N) is 2. The highest BCUT2D eigenvalue weighted by Crippen LogP contribution is 2.37. The first-order valence-electron chi connectivity index (χ1n) is 12.2. The van der Waals surface area contributed by atoms with Crippen molar-refractivity contribution in [2.75, 3.05) is 26.7 Å². The fraction of sp³-hybridized carbons (Fsp3) is 0.500. The summed E-state index contributed by atoms with van der Waals surface area (Å²) in [6, 6.07) is 5.65. The van der Waals surface area contributed by atoms with E-state index < -0.39 is 6.10 Å². The molecule has 0 spiro atoms. The van der Waals surface area contributed by atoms with Crippen LogP contribution in [0.1, 0.15) is 36.8 Å². The van der Waals surface area contributed by atoms with Crippen LogP contribution in [0, 0.1) is 20.8 Å². The monoisotopic (exact) mass is 515 g/mol. The van der Waals surface area contributed by atoms with Crippen LogP contribution in [-0.4, -0.2) is 65.2 Å². The van der Waals surface area contributed by atoms with Crippen LogP contribution in [0.2, 0.25) is 5.02 Å². The molecule has 2 aromatic heterocycles. The lowest BCUT2D eigenvalue weighted by Gasteiger charge is -2.29. The topological polar surface area (TPSA) is 115 Å². The number of ether oxygens (including phenoxy) is 2. The van der Waals surface area contributed by atoms with Crippen molar-refractivity contribution in [2.24, 2.45) is 0 Å². The van der Waals surface area contributed by atoms with Gasteiger partial charge in [0.05, 0.1) is 22.0 Å². The lowest BCUT2D eigenvalue weighted by Crippen LogP contribution is -2.40. The molecule has 194 valence electrons. The number of aromatic nitrogens is 3. The van der Waals surface area contributed by atoms with Crippen molar-refractivity contribution in [3.8, 4) is 34.3 Å². The molecule has 36 heavy (non-hydrogen) atoms. The maximum absolute atomic E-state index is 10.0. The van der Waals surface area contributed by atoms with Crippen LogP contribution in [0.5, 0.6) is 11.6 Å². The second-order valence-electron chi connectivity index (χ2n) is 9.31. The summed E-state index contributed by atoms with van der Waals surface area (Å²) in [5.41, 5.74) is 3.67. The molecule has 9 nitrogen and oxygen atoms in total. The standard InChI is InChI=1S/C26H34ClN5O4/c1-14-10-20(8-9-29-14)35-26-15(2)24(23-16(3)32-36-17(23)4)30-25(31-26)21-11-19(6-7-22(21)27)34-13-18(33)12-28-5/h6-7,11,14,18,20,28-29,33H,8-10,12-13H2,1-5H3/t14-,18?,20-/m0/s1. The summed E-state index contributed by atoms with van der Waals surface area (Å²) in [5.74, 6) is 2.16. The summed E-state index contributed by atoms with van der Waals surface area (Å²) in [5, 5.41) is 21.0. The van der Waals surface area contributed by atoms with E-state index in [0.29, 0.717) is 52.1 Å². The van der Waals surface area contributed by atoms with Gasteiger partial charge in [0.25, 0.3) is 0 Å². The van der Waals surface area contributed by atoms with Crippen LogP contribution >= 0.6 is 11.6 Å². The second-order valence-corrected chi connectivity index (χ2v) is 9.72. The summed E-state index contributed by atoms with van der Waals surface area (Å²) in [6.45, 7) is 9.33. The summed E-state index contributed by atoms with van der Waals surface area (Å²) in [6.07, 6.45) is 1.18. The lowest BCUT2D eigenvalue weighted by molar-refractivity contribution is 0.108. The predicted octanol–water partition coefficient (Wildman–Crippen LogP) is 3.86. The summed E-state index contributed by atoms with van der Waals surface area (Å²) in [7, 11) is 1.78. The number of aliphatic hydroxyl groups is 1. The van der Waals surface area contributed by atoms with Gasteiger partial charge in [-0.25, -0.2) is 4.98 Å². The van der Waals surface area contributed by atoms with Crippen LogP contribution in [-0.2, 0) is 0 Å². The molecule has 3 aromatic rings. The van der Waals surface area contributed by atoms with Crippen LogP contribution in [0.3, 0.4) is 0 Å². The first kappa shape index (κ1) is 26.3. The number of likely N-dealkylation sites (N-methyl/N-ethyl adjacent to an activating group) is 1. The van der Waals surface area contributed by atoms with Crippen LogP contribution in [0.25, 0.3) is 22.6 Å². The Morgan fingerprint density at radius 2 is 2.08 bits per heavy atom. The summed E-state index contributed by atoms with van der Waals surface area (Å²) in [4.78, 5) is 9.71. The van der Waals surface area contributed by atoms with Crippen LogP contribution in [0.15, 0.2) is 22.7 Å². The number of aryl methyl sites for hydroxylation is 2. The third kappa shape index (κ3) is 5.98. The number of aliphatic hydroxyl groups excluding tert-OH is 1. The first-order valence-corrected chi connectivity index (χ1v) is 12.6. The van der Waals surface area contributed by atoms with E-state index >= 15 is 0 Å². The molecular formula is C26H34ClN5O4. The van der Waals surface area contributed by atoms with Gasteiger partial charge in [0.1, 0.15) is 30.3 Å². The third-order valence-electron chi connectivity index (χ3n) is 6.29. The van der Waals surface area contributed by atoms with Gasteiger partial charge in [-0.3, -0.25) is 0 Å². The predicted molar refractivity (Wildman–Crippen MR) is 139 cm³/mol. The van der Waals surface area contributed by atoms with E-state index in [1.54, 1.807) is 25.2 Å². The Labute approximate surface area is 216 Å². The van der Waals surface area contributed by atoms with Crippen molar-refractivity contribution in [3.05, 3.63) is 40.2 Å². The Balaban J connectivity index is 1.76. The molecule has 1 aliphatic rings. The molecule has 3 N–H and O–H groups in total. The van der Waals surface area contributed by atoms with E-state index in [-0.39, 0.29) is 12.7 Å². The van der Waals surface area contributed by atoms with Gasteiger partial charge in [0, 0.05) is 23.7 Å². The quantitative estimate of drug-likeness (QED) is 0.390. The van der Waals surface area contributed by atoms with Crippen molar-refractivity contribution in [1.29, 1.82) is 0 Å². The molecule has 0 radical (unpaired) electrons. The Morgan fingerprint density at radius 1 is 1.28 bits per heavy atom. The zero-order valence-corrected chi connectivity index (χ0v) is 22.1. The van der Waals surface area contributed by atoms with Crippen molar-refractivity contribution < 1.29 is 19.1 Å². The molecule has 1 unspecified atom stereocenters. The average Bonchev–Trinajstić information content (AvgIpc) is 3.18.